The molecular weight excluding hydrogens is 218 g/mol. The zero-order chi connectivity index (χ0) is 11.8. The number of carbonyl (C=O) groups is 1. The topological polar surface area (TPSA) is 49.8 Å². The van der Waals surface area contributed by atoms with Crippen molar-refractivity contribution in [2.75, 3.05) is 6.54 Å². The molecule has 1 N–H and O–H groups in total. The zero-order valence-electron chi connectivity index (χ0n) is 9.50. The van der Waals surface area contributed by atoms with Gasteiger partial charge in [-0.15, -0.1) is 0 Å². The molecule has 1 amide bonds. The molecule has 3 rings (SSSR count). The molecule has 90 valence electrons. The maximum absolute atomic E-state index is 11.8. The predicted octanol–water partition coefficient (Wildman–Crippen LogP) is 2.44. The van der Waals surface area contributed by atoms with Crippen molar-refractivity contribution in [3.63, 3.8) is 0 Å². The Morgan fingerprint density at radius 1 is 1.24 bits per heavy atom. The molecule has 1 aliphatic carbocycles. The summed E-state index contributed by atoms with van der Waals surface area (Å²) in [7, 11) is 0. The average molecular weight is 233 g/mol. The van der Waals surface area contributed by atoms with E-state index >= 15 is 0 Å². The summed E-state index contributed by atoms with van der Waals surface area (Å²) >= 11 is 0. The molecule has 1 aromatic rings. The summed E-state index contributed by atoms with van der Waals surface area (Å²) in [6, 6.07) is 7.43. The van der Waals surface area contributed by atoms with Crippen molar-refractivity contribution in [3.05, 3.63) is 29.8 Å². The molecule has 1 saturated heterocycles. The lowest BCUT2D eigenvalue weighted by Crippen LogP contribution is -2.40. The van der Waals surface area contributed by atoms with Crippen LogP contribution in [-0.4, -0.2) is 28.7 Å². The van der Waals surface area contributed by atoms with Crippen molar-refractivity contribution < 1.29 is 14.6 Å². The second kappa shape index (κ2) is 3.95. The van der Waals surface area contributed by atoms with E-state index in [4.69, 9.17) is 4.74 Å². The standard InChI is InChI=1S/C13H15NO3/c15-11-4-2-1-3-10(11)12-7-8-14(9-5-6-9)13(16)17-12/h1-4,9,12,15H,5-8H2. The van der Waals surface area contributed by atoms with E-state index < -0.39 is 0 Å². The number of hydrogen-bond donors (Lipinski definition) is 1. The Labute approximate surface area is 99.8 Å². The highest BCUT2D eigenvalue weighted by Crippen LogP contribution is 2.36. The van der Waals surface area contributed by atoms with Gasteiger partial charge in [-0.1, -0.05) is 18.2 Å². The highest BCUT2D eigenvalue weighted by atomic mass is 16.6. The number of para-hydroxylation sites is 1. The number of aromatic hydroxyl groups is 1. The molecule has 0 radical (unpaired) electrons. The van der Waals surface area contributed by atoms with Gasteiger partial charge in [-0.25, -0.2) is 4.79 Å². The molecule has 1 atom stereocenters. The number of phenolic OH excluding ortho intramolecular Hbond substituents is 1. The Morgan fingerprint density at radius 2 is 2.00 bits per heavy atom. The molecule has 0 bridgehead atoms. The Kier molecular flexibility index (Phi) is 2.42. The second-order valence-corrected chi connectivity index (χ2v) is 4.64. The third-order valence-corrected chi connectivity index (χ3v) is 3.38. The van der Waals surface area contributed by atoms with E-state index in [0.717, 1.165) is 25.8 Å². The van der Waals surface area contributed by atoms with Crippen molar-refractivity contribution in [2.45, 2.75) is 31.4 Å². The number of nitrogens with zero attached hydrogens (tertiary/aromatic N) is 1. The van der Waals surface area contributed by atoms with Gasteiger partial charge in [-0.3, -0.25) is 0 Å². The van der Waals surface area contributed by atoms with Crippen molar-refractivity contribution in [1.29, 1.82) is 0 Å². The lowest BCUT2D eigenvalue weighted by atomic mass is 10.0. The minimum absolute atomic E-state index is 0.199. The van der Waals surface area contributed by atoms with Gasteiger partial charge < -0.3 is 14.7 Å². The van der Waals surface area contributed by atoms with E-state index in [9.17, 15) is 9.90 Å². The number of hydrogen-bond acceptors (Lipinski definition) is 3. The first-order valence-electron chi connectivity index (χ1n) is 6.01. The molecule has 1 saturated carbocycles. The van der Waals surface area contributed by atoms with Gasteiger partial charge in [0.2, 0.25) is 0 Å². The van der Waals surface area contributed by atoms with E-state index in [1.807, 2.05) is 6.07 Å². The van der Waals surface area contributed by atoms with Crippen LogP contribution in [0.25, 0.3) is 0 Å². The van der Waals surface area contributed by atoms with Crippen LogP contribution in [0, 0.1) is 0 Å². The van der Waals surface area contributed by atoms with Crippen molar-refractivity contribution in [1.82, 2.24) is 4.90 Å². The molecule has 2 fully saturated rings. The highest BCUT2D eigenvalue weighted by Gasteiger charge is 2.38. The van der Waals surface area contributed by atoms with Crippen LogP contribution < -0.4 is 0 Å². The van der Waals surface area contributed by atoms with Crippen LogP contribution in [0.5, 0.6) is 5.75 Å². The quantitative estimate of drug-likeness (QED) is 0.853. The third kappa shape index (κ3) is 1.95. The average Bonchev–Trinajstić information content (AvgIpc) is 3.13. The molecule has 0 aromatic heterocycles. The molecule has 1 aromatic carbocycles. The van der Waals surface area contributed by atoms with Crippen LogP contribution in [-0.2, 0) is 4.74 Å². The normalized spacial score (nSPS) is 24.6. The maximum atomic E-state index is 11.8. The van der Waals surface area contributed by atoms with Crippen LogP contribution in [0.3, 0.4) is 0 Å². The van der Waals surface area contributed by atoms with E-state index in [0.29, 0.717) is 11.6 Å². The van der Waals surface area contributed by atoms with Crippen LogP contribution in [0.4, 0.5) is 4.79 Å². The van der Waals surface area contributed by atoms with Crippen LogP contribution in [0.1, 0.15) is 30.9 Å². The highest BCUT2D eigenvalue weighted by molar-refractivity contribution is 5.69. The molecule has 1 aliphatic heterocycles. The zero-order valence-corrected chi connectivity index (χ0v) is 9.50. The lowest BCUT2D eigenvalue weighted by molar-refractivity contribution is 0.0208. The summed E-state index contributed by atoms with van der Waals surface area (Å²) in [5, 5.41) is 9.73. The van der Waals surface area contributed by atoms with Gasteiger partial charge in [0.15, 0.2) is 0 Å². The fourth-order valence-corrected chi connectivity index (χ4v) is 2.29. The van der Waals surface area contributed by atoms with Gasteiger partial charge in [-0.2, -0.15) is 0 Å². The monoisotopic (exact) mass is 233 g/mol. The van der Waals surface area contributed by atoms with E-state index in [1.165, 1.54) is 0 Å². The number of amides is 1. The number of cyclic esters (lactones) is 1. The molecule has 4 heteroatoms. The number of rotatable bonds is 2. The Balaban J connectivity index is 1.75. The Hall–Kier alpha value is -1.71. The second-order valence-electron chi connectivity index (χ2n) is 4.64. The summed E-state index contributed by atoms with van der Waals surface area (Å²) in [6.07, 6.45) is 2.39. The molecule has 0 spiro atoms. The van der Waals surface area contributed by atoms with Crippen molar-refractivity contribution >= 4 is 6.09 Å². The van der Waals surface area contributed by atoms with Gasteiger partial charge in [0.1, 0.15) is 11.9 Å². The van der Waals surface area contributed by atoms with Crippen LogP contribution >= 0.6 is 0 Å². The largest absolute Gasteiger partial charge is 0.508 e. The van der Waals surface area contributed by atoms with Gasteiger partial charge in [0.05, 0.1) is 0 Å². The fraction of sp³-hybridized carbons (Fsp3) is 0.462. The Bertz CT molecular complexity index is 442. The number of phenols is 1. The van der Waals surface area contributed by atoms with Crippen molar-refractivity contribution in [3.8, 4) is 5.75 Å². The van der Waals surface area contributed by atoms with E-state index in [-0.39, 0.29) is 17.9 Å². The minimum Gasteiger partial charge on any atom is -0.508 e. The number of benzene rings is 1. The van der Waals surface area contributed by atoms with E-state index in [1.54, 1.807) is 23.1 Å². The smallest absolute Gasteiger partial charge is 0.410 e. The summed E-state index contributed by atoms with van der Waals surface area (Å²) < 4.78 is 5.39. The van der Waals surface area contributed by atoms with E-state index in [2.05, 4.69) is 0 Å². The molecule has 17 heavy (non-hydrogen) atoms. The molecule has 2 aliphatic rings. The van der Waals surface area contributed by atoms with Crippen LogP contribution in [0.15, 0.2) is 24.3 Å². The molecule has 1 unspecified atom stereocenters. The minimum atomic E-state index is -0.307. The number of ether oxygens (including phenoxy) is 1. The lowest BCUT2D eigenvalue weighted by Gasteiger charge is -2.32. The predicted molar refractivity (Wildman–Crippen MR) is 61.7 cm³/mol. The van der Waals surface area contributed by atoms with Crippen molar-refractivity contribution in [2.24, 2.45) is 0 Å². The van der Waals surface area contributed by atoms with Gasteiger partial charge in [-0.05, 0) is 18.9 Å². The Morgan fingerprint density at radius 3 is 2.65 bits per heavy atom. The molecule has 1 heterocycles. The summed E-state index contributed by atoms with van der Waals surface area (Å²) in [4.78, 5) is 13.6. The van der Waals surface area contributed by atoms with Gasteiger partial charge in [0, 0.05) is 24.6 Å². The van der Waals surface area contributed by atoms with Crippen LogP contribution in [0.2, 0.25) is 0 Å². The fourth-order valence-electron chi connectivity index (χ4n) is 2.29. The SMILES string of the molecule is O=C1OC(c2ccccc2O)CCN1C1CC1. The molecular formula is C13H15NO3. The van der Waals surface area contributed by atoms with Gasteiger partial charge >= 0.3 is 6.09 Å². The molecule has 4 nitrogen and oxygen atoms in total. The summed E-state index contributed by atoms with van der Waals surface area (Å²) in [5.41, 5.74) is 0.705. The first kappa shape index (κ1) is 10.4. The maximum Gasteiger partial charge on any atom is 0.410 e. The first-order valence-corrected chi connectivity index (χ1v) is 6.01. The first-order chi connectivity index (χ1) is 8.25. The third-order valence-electron chi connectivity index (χ3n) is 3.38. The summed E-state index contributed by atoms with van der Waals surface area (Å²) in [5.74, 6) is 0.199. The van der Waals surface area contributed by atoms with Gasteiger partial charge in [0.25, 0.3) is 0 Å². The summed E-state index contributed by atoms with van der Waals surface area (Å²) in [6.45, 7) is 0.725. The number of carbonyl (C=O) groups excluding carboxylic acids is 1.